The van der Waals surface area contributed by atoms with Gasteiger partial charge >= 0.3 is 0 Å². The molecule has 6 nitrogen and oxygen atoms in total. The standard InChI is InChI=1S/C22H25ClN4O2S/c1-14-11-19(15(2)27(14)12-18-5-4-10-29-18)20(28)13-30-22-25-24-21(26(22)3)16-6-8-17(23)9-7-16/h6-9,11,18H,4-5,10,12-13H2,1-3H3/t18-/m1/s1. The monoisotopic (exact) mass is 444 g/mol. The first kappa shape index (κ1) is 21.2. The van der Waals surface area contributed by atoms with Gasteiger partial charge in [-0.3, -0.25) is 4.79 Å². The number of ketones is 1. The lowest BCUT2D eigenvalue weighted by atomic mass is 10.2. The normalized spacial score (nSPS) is 16.3. The van der Waals surface area contributed by atoms with Gasteiger partial charge in [0.1, 0.15) is 0 Å². The number of ether oxygens (including phenoxy) is 1. The Morgan fingerprint density at radius 1 is 1.27 bits per heavy atom. The van der Waals surface area contributed by atoms with Crippen molar-refractivity contribution in [2.24, 2.45) is 7.05 Å². The number of hydrogen-bond donors (Lipinski definition) is 0. The number of rotatable bonds is 7. The van der Waals surface area contributed by atoms with Gasteiger partial charge in [-0.15, -0.1) is 10.2 Å². The van der Waals surface area contributed by atoms with E-state index in [2.05, 4.69) is 14.8 Å². The summed E-state index contributed by atoms with van der Waals surface area (Å²) >= 11 is 7.37. The molecule has 3 heterocycles. The van der Waals surface area contributed by atoms with Crippen LogP contribution in [-0.2, 0) is 18.3 Å². The van der Waals surface area contributed by atoms with Gasteiger partial charge in [0.2, 0.25) is 0 Å². The summed E-state index contributed by atoms with van der Waals surface area (Å²) in [4.78, 5) is 12.9. The van der Waals surface area contributed by atoms with Crippen molar-refractivity contribution in [3.63, 3.8) is 0 Å². The zero-order chi connectivity index (χ0) is 21.3. The summed E-state index contributed by atoms with van der Waals surface area (Å²) in [6.07, 6.45) is 2.44. The highest BCUT2D eigenvalue weighted by Crippen LogP contribution is 2.26. The zero-order valence-electron chi connectivity index (χ0n) is 17.4. The van der Waals surface area contributed by atoms with Crippen molar-refractivity contribution in [2.75, 3.05) is 12.4 Å². The molecule has 8 heteroatoms. The number of aromatic nitrogens is 4. The quantitative estimate of drug-likeness (QED) is 0.390. The van der Waals surface area contributed by atoms with Crippen LogP contribution in [0.5, 0.6) is 0 Å². The molecule has 1 fully saturated rings. The number of halogens is 1. The van der Waals surface area contributed by atoms with Crippen molar-refractivity contribution >= 4 is 29.1 Å². The second kappa shape index (κ2) is 8.96. The maximum atomic E-state index is 12.9. The third kappa shape index (κ3) is 4.33. The number of carbonyl (C=O) groups excluding carboxylic acids is 1. The topological polar surface area (TPSA) is 61.9 Å². The summed E-state index contributed by atoms with van der Waals surface area (Å²) < 4.78 is 9.87. The van der Waals surface area contributed by atoms with Gasteiger partial charge in [-0.05, 0) is 57.0 Å². The van der Waals surface area contributed by atoms with Gasteiger partial charge in [-0.1, -0.05) is 23.4 Å². The third-order valence-corrected chi connectivity index (χ3v) is 6.83. The minimum Gasteiger partial charge on any atom is -0.376 e. The Balaban J connectivity index is 1.44. The van der Waals surface area contributed by atoms with Crippen LogP contribution in [0.4, 0.5) is 0 Å². The fourth-order valence-electron chi connectivity index (χ4n) is 3.86. The SMILES string of the molecule is Cc1cc(C(=O)CSc2nnc(-c3ccc(Cl)cc3)n2C)c(C)n1C[C@H]1CCCO1. The molecule has 2 aromatic heterocycles. The number of nitrogens with zero attached hydrogens (tertiary/aromatic N) is 4. The first-order valence-electron chi connectivity index (χ1n) is 10.0. The number of carbonyl (C=O) groups is 1. The number of Topliss-reactive ketones (excluding diaryl/α,β-unsaturated/α-hetero) is 1. The van der Waals surface area contributed by atoms with Gasteiger partial charge in [0, 0.05) is 47.7 Å². The molecule has 0 N–H and O–H groups in total. The second-order valence-electron chi connectivity index (χ2n) is 7.61. The lowest BCUT2D eigenvalue weighted by Crippen LogP contribution is -2.17. The molecule has 0 radical (unpaired) electrons. The van der Waals surface area contributed by atoms with Crippen molar-refractivity contribution in [2.45, 2.75) is 44.5 Å². The van der Waals surface area contributed by atoms with E-state index in [-0.39, 0.29) is 11.9 Å². The number of hydrogen-bond acceptors (Lipinski definition) is 5. The van der Waals surface area contributed by atoms with Crippen molar-refractivity contribution in [3.8, 4) is 11.4 Å². The average Bonchev–Trinajstić information content (AvgIpc) is 3.44. The highest BCUT2D eigenvalue weighted by atomic mass is 35.5. The predicted octanol–water partition coefficient (Wildman–Crippen LogP) is 4.71. The summed E-state index contributed by atoms with van der Waals surface area (Å²) in [7, 11) is 1.91. The summed E-state index contributed by atoms with van der Waals surface area (Å²) in [6, 6.07) is 9.47. The maximum absolute atomic E-state index is 12.9. The molecule has 0 aliphatic carbocycles. The van der Waals surface area contributed by atoms with E-state index < -0.39 is 0 Å². The molecule has 1 atom stereocenters. The molecule has 0 bridgehead atoms. The molecule has 1 saturated heterocycles. The van der Waals surface area contributed by atoms with Gasteiger partial charge in [-0.2, -0.15) is 0 Å². The van der Waals surface area contributed by atoms with E-state index in [4.69, 9.17) is 16.3 Å². The van der Waals surface area contributed by atoms with Crippen LogP contribution >= 0.6 is 23.4 Å². The molecule has 0 unspecified atom stereocenters. The Morgan fingerprint density at radius 2 is 2.03 bits per heavy atom. The van der Waals surface area contributed by atoms with E-state index in [1.807, 2.05) is 55.8 Å². The molecule has 0 amide bonds. The van der Waals surface area contributed by atoms with Crippen molar-refractivity contribution in [1.82, 2.24) is 19.3 Å². The minimum absolute atomic E-state index is 0.0998. The minimum atomic E-state index is 0.0998. The molecular formula is C22H25ClN4O2S. The highest BCUT2D eigenvalue weighted by Gasteiger charge is 2.22. The Bertz CT molecular complexity index is 1050. The van der Waals surface area contributed by atoms with Crippen LogP contribution in [0.15, 0.2) is 35.5 Å². The number of thioether (sulfide) groups is 1. The van der Waals surface area contributed by atoms with Crippen LogP contribution in [0.3, 0.4) is 0 Å². The second-order valence-corrected chi connectivity index (χ2v) is 8.99. The lowest BCUT2D eigenvalue weighted by Gasteiger charge is -2.14. The van der Waals surface area contributed by atoms with E-state index in [1.165, 1.54) is 11.8 Å². The Morgan fingerprint density at radius 3 is 2.73 bits per heavy atom. The van der Waals surface area contributed by atoms with E-state index in [0.717, 1.165) is 54.3 Å². The Hall–Kier alpha value is -2.09. The van der Waals surface area contributed by atoms with Gasteiger partial charge in [0.05, 0.1) is 11.9 Å². The maximum Gasteiger partial charge on any atom is 0.191 e. The van der Waals surface area contributed by atoms with Gasteiger partial charge in [0.15, 0.2) is 16.8 Å². The van der Waals surface area contributed by atoms with Crippen LogP contribution in [0, 0.1) is 13.8 Å². The fraction of sp³-hybridized carbons (Fsp3) is 0.409. The summed E-state index contributed by atoms with van der Waals surface area (Å²) in [5, 5.41) is 9.93. The molecule has 0 spiro atoms. The molecule has 1 aliphatic rings. The largest absolute Gasteiger partial charge is 0.376 e. The zero-order valence-corrected chi connectivity index (χ0v) is 19.0. The molecule has 0 saturated carbocycles. The molecule has 3 aromatic rings. The first-order chi connectivity index (χ1) is 14.4. The Kier molecular flexibility index (Phi) is 6.32. The van der Waals surface area contributed by atoms with E-state index in [1.54, 1.807) is 0 Å². The average molecular weight is 445 g/mol. The predicted molar refractivity (Wildman–Crippen MR) is 119 cm³/mol. The van der Waals surface area contributed by atoms with Gasteiger partial charge in [-0.25, -0.2) is 0 Å². The third-order valence-electron chi connectivity index (χ3n) is 5.55. The van der Waals surface area contributed by atoms with E-state index in [0.29, 0.717) is 15.9 Å². The van der Waals surface area contributed by atoms with Crippen molar-refractivity contribution in [3.05, 3.63) is 52.3 Å². The number of benzene rings is 1. The lowest BCUT2D eigenvalue weighted by molar-refractivity contribution is 0.0957. The highest BCUT2D eigenvalue weighted by molar-refractivity contribution is 7.99. The van der Waals surface area contributed by atoms with Crippen molar-refractivity contribution in [1.29, 1.82) is 0 Å². The van der Waals surface area contributed by atoms with E-state index in [9.17, 15) is 4.79 Å². The molecule has 1 aliphatic heterocycles. The van der Waals surface area contributed by atoms with Crippen LogP contribution in [0.1, 0.15) is 34.6 Å². The first-order valence-corrected chi connectivity index (χ1v) is 11.4. The smallest absolute Gasteiger partial charge is 0.191 e. The summed E-state index contributed by atoms with van der Waals surface area (Å²) in [5.74, 6) is 1.16. The fourth-order valence-corrected chi connectivity index (χ4v) is 4.78. The molecule has 30 heavy (non-hydrogen) atoms. The summed E-state index contributed by atoms with van der Waals surface area (Å²) in [6.45, 7) is 5.71. The molecule has 158 valence electrons. The molecular weight excluding hydrogens is 420 g/mol. The number of aryl methyl sites for hydroxylation is 1. The molecule has 1 aromatic carbocycles. The van der Waals surface area contributed by atoms with Crippen molar-refractivity contribution < 1.29 is 9.53 Å². The van der Waals surface area contributed by atoms with E-state index >= 15 is 0 Å². The van der Waals surface area contributed by atoms with Crippen LogP contribution in [-0.4, -0.2) is 43.6 Å². The van der Waals surface area contributed by atoms with Crippen LogP contribution < -0.4 is 0 Å². The van der Waals surface area contributed by atoms with Crippen LogP contribution in [0.25, 0.3) is 11.4 Å². The van der Waals surface area contributed by atoms with Gasteiger partial charge in [0.25, 0.3) is 0 Å². The Labute approximate surface area is 185 Å². The van der Waals surface area contributed by atoms with Crippen LogP contribution in [0.2, 0.25) is 5.02 Å². The summed E-state index contributed by atoms with van der Waals surface area (Å²) in [5.41, 5.74) is 3.82. The molecule has 4 rings (SSSR count). The van der Waals surface area contributed by atoms with Gasteiger partial charge < -0.3 is 13.9 Å².